The first-order chi connectivity index (χ1) is 7.29. The van der Waals surface area contributed by atoms with Crippen molar-refractivity contribution >= 4 is 33.3 Å². The summed E-state index contributed by atoms with van der Waals surface area (Å²) in [7, 11) is 0. The largest absolute Gasteiger partial charge is 0.349 e. The number of hydrogen-bond donors (Lipinski definition) is 1. The van der Waals surface area contributed by atoms with Crippen LogP contribution in [0.3, 0.4) is 0 Å². The Morgan fingerprint density at radius 3 is 3.00 bits per heavy atom. The van der Waals surface area contributed by atoms with Crippen LogP contribution in [0.5, 0.6) is 0 Å². The van der Waals surface area contributed by atoms with Crippen LogP contribution in [0, 0.1) is 0 Å². The molecule has 0 unspecified atom stereocenters. The van der Waals surface area contributed by atoms with Crippen LogP contribution in [0.15, 0.2) is 34.6 Å². The Labute approximate surface area is 98.9 Å². The highest BCUT2D eigenvalue weighted by atomic mass is 79.9. The highest BCUT2D eigenvalue weighted by Gasteiger charge is 2.00. The van der Waals surface area contributed by atoms with Gasteiger partial charge >= 0.3 is 5.69 Å². The number of hydrogen-bond acceptors (Lipinski definition) is 4. The molecule has 6 heteroatoms. The minimum Gasteiger partial charge on any atom is -0.307 e. The van der Waals surface area contributed by atoms with E-state index in [1.807, 2.05) is 17.5 Å². The van der Waals surface area contributed by atoms with Crippen molar-refractivity contribution in [2.45, 2.75) is 6.54 Å². The molecule has 0 aliphatic heterocycles. The van der Waals surface area contributed by atoms with E-state index in [2.05, 4.69) is 25.5 Å². The summed E-state index contributed by atoms with van der Waals surface area (Å²) in [6.07, 6.45) is 1.72. The third kappa shape index (κ3) is 2.45. The SMILES string of the molecule is O=c1nc(NBr)ccn1Cc1cccs1. The lowest BCUT2D eigenvalue weighted by Crippen LogP contribution is -2.22. The van der Waals surface area contributed by atoms with Crippen LogP contribution in [0.25, 0.3) is 0 Å². The van der Waals surface area contributed by atoms with E-state index < -0.39 is 0 Å². The van der Waals surface area contributed by atoms with Gasteiger partial charge in [-0.1, -0.05) is 6.07 Å². The molecule has 0 atom stereocenters. The predicted octanol–water partition coefficient (Wildman–Crippen LogP) is 2.07. The van der Waals surface area contributed by atoms with E-state index >= 15 is 0 Å². The summed E-state index contributed by atoms with van der Waals surface area (Å²) in [5.41, 5.74) is -0.257. The van der Waals surface area contributed by atoms with Gasteiger partial charge in [0.05, 0.1) is 6.54 Å². The van der Waals surface area contributed by atoms with E-state index in [0.29, 0.717) is 12.4 Å². The summed E-state index contributed by atoms with van der Waals surface area (Å²) in [5, 5.41) is 1.99. The summed E-state index contributed by atoms with van der Waals surface area (Å²) in [6.45, 7) is 0.575. The number of nitrogens with zero attached hydrogens (tertiary/aromatic N) is 2. The van der Waals surface area contributed by atoms with E-state index in [4.69, 9.17) is 0 Å². The van der Waals surface area contributed by atoms with Crippen LogP contribution < -0.4 is 10.0 Å². The third-order valence-electron chi connectivity index (χ3n) is 1.88. The second-order valence-electron chi connectivity index (χ2n) is 2.90. The number of rotatable bonds is 3. The molecule has 0 aromatic carbocycles. The maximum absolute atomic E-state index is 11.5. The van der Waals surface area contributed by atoms with Gasteiger partial charge in [0.2, 0.25) is 0 Å². The third-order valence-corrected chi connectivity index (χ3v) is 3.14. The van der Waals surface area contributed by atoms with Gasteiger partial charge in [0.25, 0.3) is 0 Å². The van der Waals surface area contributed by atoms with E-state index in [1.54, 1.807) is 28.2 Å². The summed E-state index contributed by atoms with van der Waals surface area (Å²) in [4.78, 5) is 16.5. The maximum atomic E-state index is 11.5. The van der Waals surface area contributed by atoms with Gasteiger partial charge < -0.3 is 4.34 Å². The normalized spacial score (nSPS) is 10.2. The predicted molar refractivity (Wildman–Crippen MR) is 64.5 cm³/mol. The quantitative estimate of drug-likeness (QED) is 0.879. The zero-order valence-electron chi connectivity index (χ0n) is 7.68. The molecule has 0 aliphatic carbocycles. The van der Waals surface area contributed by atoms with E-state index in [9.17, 15) is 4.79 Å². The molecule has 0 saturated carbocycles. The lowest BCUT2D eigenvalue weighted by atomic mass is 10.4. The molecule has 0 fully saturated rings. The van der Waals surface area contributed by atoms with Gasteiger partial charge in [0.1, 0.15) is 5.82 Å². The minimum atomic E-state index is -0.257. The van der Waals surface area contributed by atoms with Gasteiger partial charge in [-0.25, -0.2) is 4.79 Å². The fraction of sp³-hybridized carbons (Fsp3) is 0.111. The molecule has 2 aromatic heterocycles. The van der Waals surface area contributed by atoms with Crippen molar-refractivity contribution in [3.8, 4) is 0 Å². The Bertz CT molecular complexity index is 494. The first kappa shape index (κ1) is 10.4. The molecule has 2 rings (SSSR count). The first-order valence-electron chi connectivity index (χ1n) is 4.26. The van der Waals surface area contributed by atoms with E-state index in [-0.39, 0.29) is 5.69 Å². The fourth-order valence-corrected chi connectivity index (χ4v) is 2.10. The monoisotopic (exact) mass is 285 g/mol. The maximum Gasteiger partial charge on any atom is 0.349 e. The summed E-state index contributed by atoms with van der Waals surface area (Å²) in [6, 6.07) is 5.70. The van der Waals surface area contributed by atoms with Crippen LogP contribution >= 0.6 is 27.5 Å². The van der Waals surface area contributed by atoms with Crippen molar-refractivity contribution in [2.75, 3.05) is 4.34 Å². The Hall–Kier alpha value is -1.14. The lowest BCUT2D eigenvalue weighted by molar-refractivity contribution is 0.738. The van der Waals surface area contributed by atoms with Crippen LogP contribution in [0.4, 0.5) is 5.82 Å². The number of aromatic nitrogens is 2. The minimum absolute atomic E-state index is 0.257. The Morgan fingerprint density at radius 2 is 2.40 bits per heavy atom. The van der Waals surface area contributed by atoms with Crippen molar-refractivity contribution in [1.82, 2.24) is 9.55 Å². The average Bonchev–Trinajstić information content (AvgIpc) is 2.74. The molecule has 0 bridgehead atoms. The summed E-state index contributed by atoms with van der Waals surface area (Å²) >= 11 is 4.64. The van der Waals surface area contributed by atoms with Crippen molar-refractivity contribution in [3.05, 3.63) is 45.1 Å². The van der Waals surface area contributed by atoms with E-state index in [1.165, 1.54) is 0 Å². The van der Waals surface area contributed by atoms with Crippen LogP contribution in [0.1, 0.15) is 4.88 Å². The molecule has 1 N–H and O–H groups in total. The molecule has 15 heavy (non-hydrogen) atoms. The molecule has 0 saturated heterocycles. The Kier molecular flexibility index (Phi) is 3.17. The van der Waals surface area contributed by atoms with Gasteiger partial charge in [-0.2, -0.15) is 4.98 Å². The number of anilines is 1. The zero-order chi connectivity index (χ0) is 10.7. The zero-order valence-corrected chi connectivity index (χ0v) is 10.1. The topological polar surface area (TPSA) is 46.9 Å². The van der Waals surface area contributed by atoms with Gasteiger partial charge in [0, 0.05) is 27.2 Å². The smallest absolute Gasteiger partial charge is 0.307 e. The molecular formula is C9H8BrN3OS. The van der Waals surface area contributed by atoms with Crippen LogP contribution in [0.2, 0.25) is 0 Å². The average molecular weight is 286 g/mol. The molecule has 78 valence electrons. The second kappa shape index (κ2) is 4.59. The van der Waals surface area contributed by atoms with Crippen molar-refractivity contribution in [3.63, 3.8) is 0 Å². The molecule has 2 aromatic rings. The molecule has 0 radical (unpaired) electrons. The van der Waals surface area contributed by atoms with Gasteiger partial charge in [-0.3, -0.25) is 4.57 Å². The number of halogens is 1. The first-order valence-corrected chi connectivity index (χ1v) is 5.93. The molecule has 4 nitrogen and oxygen atoms in total. The van der Waals surface area contributed by atoms with Crippen molar-refractivity contribution in [2.24, 2.45) is 0 Å². The second-order valence-corrected chi connectivity index (χ2v) is 4.33. The lowest BCUT2D eigenvalue weighted by Gasteiger charge is -2.03. The van der Waals surface area contributed by atoms with Gasteiger partial charge in [-0.05, 0) is 17.5 Å². The Balaban J connectivity index is 2.26. The molecule has 0 amide bonds. The van der Waals surface area contributed by atoms with Gasteiger partial charge in [0.15, 0.2) is 0 Å². The van der Waals surface area contributed by atoms with Crippen molar-refractivity contribution < 1.29 is 0 Å². The highest BCUT2D eigenvalue weighted by molar-refractivity contribution is 9.10. The summed E-state index contributed by atoms with van der Waals surface area (Å²) < 4.78 is 4.21. The fourth-order valence-electron chi connectivity index (χ4n) is 1.17. The number of thiophene rings is 1. The molecular weight excluding hydrogens is 278 g/mol. The highest BCUT2D eigenvalue weighted by Crippen LogP contribution is 2.09. The molecule has 0 spiro atoms. The summed E-state index contributed by atoms with van der Waals surface area (Å²) in [5.74, 6) is 0.516. The van der Waals surface area contributed by atoms with Crippen LogP contribution in [-0.4, -0.2) is 9.55 Å². The van der Waals surface area contributed by atoms with Crippen molar-refractivity contribution in [1.29, 1.82) is 0 Å². The van der Waals surface area contributed by atoms with E-state index in [0.717, 1.165) is 4.88 Å². The number of nitrogens with one attached hydrogen (secondary N) is 1. The Morgan fingerprint density at radius 1 is 1.53 bits per heavy atom. The molecule has 0 aliphatic rings. The standard InChI is InChI=1S/C9H8BrN3OS/c10-12-8-3-4-13(9(14)11-8)6-7-2-1-5-15-7/h1-5H,6H2,(H,11,12,14). The van der Waals surface area contributed by atoms with Gasteiger partial charge in [-0.15, -0.1) is 11.3 Å². The molecule has 2 heterocycles. The van der Waals surface area contributed by atoms with Crippen LogP contribution in [-0.2, 0) is 6.54 Å².